The Balaban J connectivity index is 1.14. The molecule has 2 heterocycles. The molecule has 0 unspecified atom stereocenters. The third kappa shape index (κ3) is 3.93. The van der Waals surface area contributed by atoms with Gasteiger partial charge in [-0.05, 0) is 98.9 Å². The molecule has 10 rings (SSSR count). The van der Waals surface area contributed by atoms with Crippen molar-refractivity contribution < 1.29 is 4.42 Å². The Morgan fingerprint density at radius 1 is 0.479 bits per heavy atom. The fraction of sp³-hybridized carbons (Fsp3) is 0. The molecule has 0 N–H and O–H groups in total. The van der Waals surface area contributed by atoms with Crippen molar-refractivity contribution in [3.8, 4) is 34.0 Å². The average molecular weight is 611 g/mol. The van der Waals surface area contributed by atoms with Crippen LogP contribution in [0.2, 0.25) is 0 Å². The standard InChI is InChI=1S/C45H26N2O/c46-27-28-14-20-41-38(22-28)39-23-33(19-21-42(39)47(41)35-11-2-1-3-12-35)29-15-17-30(18-16-29)37-25-34-10-6-7-13-36(34)44-40-24-31-8-4-5-9-32(31)26-43(40)48-45(37)44/h1-26H. The minimum atomic E-state index is 0.657. The van der Waals surface area contributed by atoms with Crippen LogP contribution in [-0.4, -0.2) is 4.57 Å². The zero-order valence-electron chi connectivity index (χ0n) is 25.8. The first-order valence-corrected chi connectivity index (χ1v) is 16.1. The summed E-state index contributed by atoms with van der Waals surface area (Å²) in [6.07, 6.45) is 0. The van der Waals surface area contributed by atoms with Crippen molar-refractivity contribution in [2.75, 3.05) is 0 Å². The maximum Gasteiger partial charge on any atom is 0.143 e. The molecule has 0 fully saturated rings. The predicted octanol–water partition coefficient (Wildman–Crippen LogP) is 12.2. The van der Waals surface area contributed by atoms with Crippen LogP contribution < -0.4 is 0 Å². The van der Waals surface area contributed by atoms with Gasteiger partial charge < -0.3 is 8.98 Å². The van der Waals surface area contributed by atoms with Crippen molar-refractivity contribution in [3.63, 3.8) is 0 Å². The molecule has 48 heavy (non-hydrogen) atoms. The van der Waals surface area contributed by atoms with Gasteiger partial charge in [-0.3, -0.25) is 0 Å². The highest BCUT2D eigenvalue weighted by Crippen LogP contribution is 2.43. The lowest BCUT2D eigenvalue weighted by Gasteiger charge is -2.09. The van der Waals surface area contributed by atoms with Gasteiger partial charge in [0.15, 0.2) is 0 Å². The Labute approximate surface area is 276 Å². The monoisotopic (exact) mass is 610 g/mol. The summed E-state index contributed by atoms with van der Waals surface area (Å²) in [5.74, 6) is 0. The van der Waals surface area contributed by atoms with Gasteiger partial charge in [0.05, 0.1) is 22.7 Å². The van der Waals surface area contributed by atoms with E-state index in [9.17, 15) is 5.26 Å². The van der Waals surface area contributed by atoms with E-state index in [1.807, 2.05) is 18.2 Å². The van der Waals surface area contributed by atoms with E-state index in [1.54, 1.807) is 0 Å². The lowest BCUT2D eigenvalue weighted by Crippen LogP contribution is -1.93. The Hall–Kier alpha value is -6.63. The van der Waals surface area contributed by atoms with Gasteiger partial charge in [-0.1, -0.05) is 97.1 Å². The van der Waals surface area contributed by atoms with E-state index in [4.69, 9.17) is 4.42 Å². The number of aromatic nitrogens is 1. The van der Waals surface area contributed by atoms with Gasteiger partial charge in [-0.25, -0.2) is 0 Å². The SMILES string of the molecule is N#Cc1ccc2c(c1)c1cc(-c3ccc(-c4cc5ccccc5c5c4oc4cc6ccccc6cc45)cc3)ccc1n2-c1ccccc1. The van der Waals surface area contributed by atoms with Crippen LogP contribution in [0, 0.1) is 11.3 Å². The molecule has 222 valence electrons. The minimum Gasteiger partial charge on any atom is -0.455 e. The fourth-order valence-corrected chi connectivity index (χ4v) is 7.50. The number of fused-ring (bicyclic) bond motifs is 9. The van der Waals surface area contributed by atoms with E-state index in [-0.39, 0.29) is 0 Å². The second kappa shape index (κ2) is 10.2. The van der Waals surface area contributed by atoms with Crippen molar-refractivity contribution >= 4 is 65.3 Å². The zero-order chi connectivity index (χ0) is 31.8. The number of benzene rings is 8. The normalized spacial score (nSPS) is 11.7. The number of nitrogens with zero attached hydrogens (tertiary/aromatic N) is 2. The quantitative estimate of drug-likeness (QED) is 0.200. The van der Waals surface area contributed by atoms with Gasteiger partial charge in [0.25, 0.3) is 0 Å². The highest BCUT2D eigenvalue weighted by molar-refractivity contribution is 6.24. The first-order valence-electron chi connectivity index (χ1n) is 16.1. The van der Waals surface area contributed by atoms with Crippen molar-refractivity contribution in [1.29, 1.82) is 5.26 Å². The van der Waals surface area contributed by atoms with Gasteiger partial charge in [-0.2, -0.15) is 5.26 Å². The first kappa shape index (κ1) is 26.6. The topological polar surface area (TPSA) is 41.9 Å². The maximum absolute atomic E-state index is 9.69. The number of rotatable bonds is 3. The molecule has 2 aromatic heterocycles. The predicted molar refractivity (Wildman–Crippen MR) is 199 cm³/mol. The molecule has 0 spiro atoms. The molecule has 0 aliphatic heterocycles. The summed E-state index contributed by atoms with van der Waals surface area (Å²) in [5, 5.41) is 19.0. The third-order valence-electron chi connectivity index (χ3n) is 9.77. The first-order chi connectivity index (χ1) is 23.7. The van der Waals surface area contributed by atoms with Crippen LogP contribution in [0.15, 0.2) is 162 Å². The van der Waals surface area contributed by atoms with Crippen LogP contribution in [0.5, 0.6) is 0 Å². The number of hydrogen-bond donors (Lipinski definition) is 0. The van der Waals surface area contributed by atoms with Crippen LogP contribution in [0.3, 0.4) is 0 Å². The van der Waals surface area contributed by atoms with Gasteiger partial charge in [0.2, 0.25) is 0 Å². The Morgan fingerprint density at radius 2 is 1.12 bits per heavy atom. The summed E-state index contributed by atoms with van der Waals surface area (Å²) in [6, 6.07) is 57.9. The number of nitriles is 1. The van der Waals surface area contributed by atoms with Crippen LogP contribution in [-0.2, 0) is 0 Å². The smallest absolute Gasteiger partial charge is 0.143 e. The highest BCUT2D eigenvalue weighted by atomic mass is 16.3. The second-order valence-electron chi connectivity index (χ2n) is 12.5. The van der Waals surface area contributed by atoms with Crippen molar-refractivity contribution in [1.82, 2.24) is 4.57 Å². The molecule has 0 bridgehead atoms. The maximum atomic E-state index is 9.69. The molecule has 0 aliphatic rings. The van der Waals surface area contributed by atoms with E-state index in [0.29, 0.717) is 5.56 Å². The minimum absolute atomic E-state index is 0.657. The molecule has 3 nitrogen and oxygen atoms in total. The van der Waals surface area contributed by atoms with E-state index >= 15 is 0 Å². The third-order valence-corrected chi connectivity index (χ3v) is 9.77. The van der Waals surface area contributed by atoms with Gasteiger partial charge in [0.1, 0.15) is 11.2 Å². The van der Waals surface area contributed by atoms with Crippen molar-refractivity contribution in [2.45, 2.75) is 0 Å². The van der Waals surface area contributed by atoms with Gasteiger partial charge in [0, 0.05) is 32.8 Å². The molecule has 8 aromatic carbocycles. The fourth-order valence-electron chi connectivity index (χ4n) is 7.50. The Morgan fingerprint density at radius 3 is 1.92 bits per heavy atom. The van der Waals surface area contributed by atoms with Gasteiger partial charge >= 0.3 is 0 Å². The van der Waals surface area contributed by atoms with E-state index in [2.05, 4.69) is 150 Å². The molecule has 0 amide bonds. The summed E-state index contributed by atoms with van der Waals surface area (Å²) in [7, 11) is 0. The summed E-state index contributed by atoms with van der Waals surface area (Å²) in [6.45, 7) is 0. The average Bonchev–Trinajstić information content (AvgIpc) is 3.69. The zero-order valence-corrected chi connectivity index (χ0v) is 25.8. The molecular weight excluding hydrogens is 585 g/mol. The van der Waals surface area contributed by atoms with E-state index < -0.39 is 0 Å². The Kier molecular flexibility index (Phi) is 5.64. The Bertz CT molecular complexity index is 2940. The largest absolute Gasteiger partial charge is 0.455 e. The van der Waals surface area contributed by atoms with Crippen molar-refractivity contribution in [2.24, 2.45) is 0 Å². The molecule has 0 saturated heterocycles. The molecule has 0 atom stereocenters. The number of hydrogen-bond acceptors (Lipinski definition) is 2. The van der Waals surface area contributed by atoms with Gasteiger partial charge in [-0.15, -0.1) is 0 Å². The summed E-state index contributed by atoms with van der Waals surface area (Å²) in [4.78, 5) is 0. The molecule has 0 saturated carbocycles. The molecule has 10 aromatic rings. The molecule has 0 radical (unpaired) electrons. The van der Waals surface area contributed by atoms with Crippen molar-refractivity contribution in [3.05, 3.63) is 163 Å². The number of para-hydroxylation sites is 1. The van der Waals surface area contributed by atoms with E-state index in [0.717, 1.165) is 71.7 Å². The van der Waals surface area contributed by atoms with Crippen LogP contribution in [0.4, 0.5) is 0 Å². The summed E-state index contributed by atoms with van der Waals surface area (Å²) < 4.78 is 8.97. The summed E-state index contributed by atoms with van der Waals surface area (Å²) in [5.41, 5.74) is 10.2. The second-order valence-corrected chi connectivity index (χ2v) is 12.5. The molecule has 3 heteroatoms. The lowest BCUT2D eigenvalue weighted by atomic mass is 9.94. The highest BCUT2D eigenvalue weighted by Gasteiger charge is 2.18. The van der Waals surface area contributed by atoms with Crippen LogP contribution in [0.1, 0.15) is 5.56 Å². The summed E-state index contributed by atoms with van der Waals surface area (Å²) >= 11 is 0. The molecule has 0 aliphatic carbocycles. The van der Waals surface area contributed by atoms with Crippen LogP contribution >= 0.6 is 0 Å². The molecular formula is C45H26N2O. The van der Waals surface area contributed by atoms with Crippen LogP contribution in [0.25, 0.3) is 93.2 Å². The lowest BCUT2D eigenvalue weighted by molar-refractivity contribution is 0.671. The number of furan rings is 1. The van der Waals surface area contributed by atoms with E-state index in [1.165, 1.54) is 21.5 Å².